The molecule has 0 aliphatic carbocycles. The van der Waals surface area contributed by atoms with Crippen LogP contribution in [0, 0.1) is 0 Å². The lowest BCUT2D eigenvalue weighted by Gasteiger charge is -1.94. The maximum atomic E-state index is 4.32. The van der Waals surface area contributed by atoms with Gasteiger partial charge < -0.3 is 0 Å². The van der Waals surface area contributed by atoms with Gasteiger partial charge in [-0.1, -0.05) is 42.5 Å². The molecule has 0 amide bonds. The van der Waals surface area contributed by atoms with E-state index in [9.17, 15) is 0 Å². The minimum absolute atomic E-state index is 0.859. The average molecular weight is 260 g/mol. The minimum atomic E-state index is 0.859. The highest BCUT2D eigenvalue weighted by atomic mass is 79.9. The number of pyridine rings is 1. The first-order chi connectivity index (χ1) is 7.34. The van der Waals surface area contributed by atoms with Crippen molar-refractivity contribution < 1.29 is 0 Å². The summed E-state index contributed by atoms with van der Waals surface area (Å²) in [6, 6.07) is 16.0. The molecule has 0 bridgehead atoms. The number of rotatable bonds is 2. The Labute approximate surface area is 97.6 Å². The summed E-state index contributed by atoms with van der Waals surface area (Å²) in [6.07, 6.45) is 4.05. The van der Waals surface area contributed by atoms with Crippen LogP contribution in [0.4, 0.5) is 0 Å². The Morgan fingerprint density at radius 2 is 1.67 bits per heavy atom. The first-order valence-corrected chi connectivity index (χ1v) is 5.49. The Bertz CT molecular complexity index is 463. The van der Waals surface area contributed by atoms with Crippen molar-refractivity contribution in [1.82, 2.24) is 4.98 Å². The summed E-state index contributed by atoms with van der Waals surface area (Å²) in [5.74, 6) is 0. The van der Waals surface area contributed by atoms with E-state index in [4.69, 9.17) is 0 Å². The predicted octanol–water partition coefficient (Wildman–Crippen LogP) is 4.01. The number of nitrogens with zero attached hydrogens (tertiary/aromatic N) is 1. The fourth-order valence-corrected chi connectivity index (χ4v) is 1.62. The van der Waals surface area contributed by atoms with Gasteiger partial charge in [0, 0.05) is 0 Å². The van der Waals surface area contributed by atoms with Crippen LogP contribution in [0.2, 0.25) is 0 Å². The Hall–Kier alpha value is -1.41. The van der Waals surface area contributed by atoms with Crippen LogP contribution in [0.5, 0.6) is 0 Å². The minimum Gasteiger partial charge on any atom is -0.242 e. The van der Waals surface area contributed by atoms with Gasteiger partial charge in [-0.25, -0.2) is 4.98 Å². The molecule has 2 heteroatoms. The highest BCUT2D eigenvalue weighted by Gasteiger charge is 1.90. The predicted molar refractivity (Wildman–Crippen MR) is 67.3 cm³/mol. The zero-order valence-corrected chi connectivity index (χ0v) is 9.68. The maximum absolute atomic E-state index is 4.32. The normalized spacial score (nSPS) is 10.7. The first kappa shape index (κ1) is 10.1. The number of benzene rings is 1. The van der Waals surface area contributed by atoms with Crippen LogP contribution in [0.1, 0.15) is 11.3 Å². The molecule has 1 heterocycles. The molecule has 0 saturated heterocycles. The summed E-state index contributed by atoms with van der Waals surface area (Å²) < 4.78 is 0.859. The SMILES string of the molecule is Brc1cccc(C=Cc2ccccc2)n1. The molecule has 0 atom stereocenters. The van der Waals surface area contributed by atoms with Gasteiger partial charge in [-0.15, -0.1) is 0 Å². The van der Waals surface area contributed by atoms with Gasteiger partial charge in [-0.05, 0) is 39.7 Å². The maximum Gasteiger partial charge on any atom is 0.106 e. The third-order valence-corrected chi connectivity index (χ3v) is 2.42. The van der Waals surface area contributed by atoms with Crippen molar-refractivity contribution in [3.05, 3.63) is 64.4 Å². The second-order valence-corrected chi connectivity index (χ2v) is 3.94. The van der Waals surface area contributed by atoms with Crippen molar-refractivity contribution in [3.63, 3.8) is 0 Å². The summed E-state index contributed by atoms with van der Waals surface area (Å²) in [7, 11) is 0. The second kappa shape index (κ2) is 4.89. The largest absolute Gasteiger partial charge is 0.242 e. The van der Waals surface area contributed by atoms with E-state index < -0.39 is 0 Å². The Morgan fingerprint density at radius 1 is 0.867 bits per heavy atom. The van der Waals surface area contributed by atoms with E-state index in [1.54, 1.807) is 0 Å². The van der Waals surface area contributed by atoms with Gasteiger partial charge in [-0.3, -0.25) is 0 Å². The summed E-state index contributed by atoms with van der Waals surface area (Å²) in [5.41, 5.74) is 2.13. The fourth-order valence-electron chi connectivity index (χ4n) is 1.26. The van der Waals surface area contributed by atoms with Crippen molar-refractivity contribution in [1.29, 1.82) is 0 Å². The molecule has 0 N–H and O–H groups in total. The molecule has 15 heavy (non-hydrogen) atoms. The lowest BCUT2D eigenvalue weighted by molar-refractivity contribution is 1.25. The smallest absolute Gasteiger partial charge is 0.106 e. The van der Waals surface area contributed by atoms with Crippen molar-refractivity contribution in [3.8, 4) is 0 Å². The van der Waals surface area contributed by atoms with E-state index in [1.807, 2.05) is 42.5 Å². The molecule has 0 aliphatic heterocycles. The molecule has 0 aliphatic rings. The van der Waals surface area contributed by atoms with Crippen molar-refractivity contribution >= 4 is 28.1 Å². The van der Waals surface area contributed by atoms with Crippen molar-refractivity contribution in [2.24, 2.45) is 0 Å². The standard InChI is InChI=1S/C13H10BrN/c14-13-8-4-7-12(15-13)10-9-11-5-2-1-3-6-11/h1-10H. The van der Waals surface area contributed by atoms with Gasteiger partial charge in [0.15, 0.2) is 0 Å². The van der Waals surface area contributed by atoms with Crippen LogP contribution < -0.4 is 0 Å². The van der Waals surface area contributed by atoms with Crippen LogP contribution in [-0.4, -0.2) is 4.98 Å². The number of aromatic nitrogens is 1. The molecule has 0 spiro atoms. The monoisotopic (exact) mass is 259 g/mol. The Kier molecular flexibility index (Phi) is 3.30. The Balaban J connectivity index is 2.19. The molecule has 2 rings (SSSR count). The molecule has 74 valence electrons. The quantitative estimate of drug-likeness (QED) is 0.743. The first-order valence-electron chi connectivity index (χ1n) is 4.70. The summed E-state index contributed by atoms with van der Waals surface area (Å²) in [4.78, 5) is 4.32. The van der Waals surface area contributed by atoms with Crippen LogP contribution in [0.25, 0.3) is 12.2 Å². The zero-order valence-electron chi connectivity index (χ0n) is 8.10. The highest BCUT2D eigenvalue weighted by Crippen LogP contribution is 2.09. The van der Waals surface area contributed by atoms with E-state index in [-0.39, 0.29) is 0 Å². The number of halogens is 1. The lowest BCUT2D eigenvalue weighted by atomic mass is 10.2. The molecular formula is C13H10BrN. The van der Waals surface area contributed by atoms with Crippen LogP contribution >= 0.6 is 15.9 Å². The van der Waals surface area contributed by atoms with Gasteiger partial charge >= 0.3 is 0 Å². The van der Waals surface area contributed by atoms with Crippen LogP contribution in [-0.2, 0) is 0 Å². The van der Waals surface area contributed by atoms with Crippen LogP contribution in [0.3, 0.4) is 0 Å². The average Bonchev–Trinajstić information content (AvgIpc) is 2.28. The van der Waals surface area contributed by atoms with Gasteiger partial charge in [0.1, 0.15) is 4.60 Å². The third kappa shape index (κ3) is 3.03. The molecule has 0 saturated carbocycles. The zero-order chi connectivity index (χ0) is 10.5. The summed E-state index contributed by atoms with van der Waals surface area (Å²) in [6.45, 7) is 0. The molecule has 0 fully saturated rings. The van der Waals surface area contributed by atoms with Gasteiger partial charge in [0.2, 0.25) is 0 Å². The van der Waals surface area contributed by atoms with Gasteiger partial charge in [0.25, 0.3) is 0 Å². The van der Waals surface area contributed by atoms with Crippen molar-refractivity contribution in [2.45, 2.75) is 0 Å². The van der Waals surface area contributed by atoms with E-state index in [1.165, 1.54) is 5.56 Å². The third-order valence-electron chi connectivity index (χ3n) is 1.98. The Morgan fingerprint density at radius 3 is 2.40 bits per heavy atom. The summed E-state index contributed by atoms with van der Waals surface area (Å²) >= 11 is 3.34. The van der Waals surface area contributed by atoms with E-state index in [0.717, 1.165) is 10.3 Å². The lowest BCUT2D eigenvalue weighted by Crippen LogP contribution is -1.79. The number of hydrogen-bond donors (Lipinski definition) is 0. The molecule has 2 aromatic rings. The van der Waals surface area contributed by atoms with Crippen molar-refractivity contribution in [2.75, 3.05) is 0 Å². The molecular weight excluding hydrogens is 250 g/mol. The van der Waals surface area contributed by atoms with Gasteiger partial charge in [0.05, 0.1) is 5.69 Å². The van der Waals surface area contributed by atoms with E-state index in [0.29, 0.717) is 0 Å². The molecule has 0 unspecified atom stereocenters. The molecule has 1 nitrogen and oxygen atoms in total. The van der Waals surface area contributed by atoms with E-state index >= 15 is 0 Å². The fraction of sp³-hybridized carbons (Fsp3) is 0. The molecule has 0 radical (unpaired) electrons. The van der Waals surface area contributed by atoms with Gasteiger partial charge in [-0.2, -0.15) is 0 Å². The highest BCUT2D eigenvalue weighted by molar-refractivity contribution is 9.10. The van der Waals surface area contributed by atoms with E-state index in [2.05, 4.69) is 39.1 Å². The molecule has 1 aromatic heterocycles. The summed E-state index contributed by atoms with van der Waals surface area (Å²) in [5, 5.41) is 0. The number of hydrogen-bond acceptors (Lipinski definition) is 1. The topological polar surface area (TPSA) is 12.9 Å². The molecule has 1 aromatic carbocycles. The second-order valence-electron chi connectivity index (χ2n) is 3.13. The van der Waals surface area contributed by atoms with Crippen LogP contribution in [0.15, 0.2) is 53.1 Å².